The Hall–Kier alpha value is -1.45. The molecule has 4 heteroatoms. The van der Waals surface area contributed by atoms with Gasteiger partial charge < -0.3 is 0 Å². The third-order valence-electron chi connectivity index (χ3n) is 3.09. The van der Waals surface area contributed by atoms with Crippen molar-refractivity contribution in [3.63, 3.8) is 0 Å². The van der Waals surface area contributed by atoms with Crippen LogP contribution in [-0.4, -0.2) is 17.3 Å². The fourth-order valence-corrected chi connectivity index (χ4v) is 2.32. The molecule has 0 spiro atoms. The maximum atomic E-state index is 13.7. The predicted octanol–water partition coefficient (Wildman–Crippen LogP) is 4.21. The first-order valence-electron chi connectivity index (χ1n) is 6.46. The van der Waals surface area contributed by atoms with Crippen LogP contribution < -0.4 is 0 Å². The van der Waals surface area contributed by atoms with Gasteiger partial charge in [0.05, 0.1) is 0 Å². The Morgan fingerprint density at radius 1 is 0.850 bits per heavy atom. The molecule has 0 heterocycles. The summed E-state index contributed by atoms with van der Waals surface area (Å²) in [4.78, 5) is 1.93. The summed E-state index contributed by atoms with van der Waals surface area (Å²) in [7, 11) is 0. The SMILES string of the molecule is Fc1cccc(F)c1CN(CCCl)Cc1ccccc1. The summed E-state index contributed by atoms with van der Waals surface area (Å²) in [6.07, 6.45) is 0. The highest BCUT2D eigenvalue weighted by atomic mass is 35.5. The van der Waals surface area contributed by atoms with E-state index in [2.05, 4.69) is 0 Å². The number of hydrogen-bond acceptors (Lipinski definition) is 1. The van der Waals surface area contributed by atoms with E-state index in [9.17, 15) is 8.78 Å². The van der Waals surface area contributed by atoms with Gasteiger partial charge in [-0.3, -0.25) is 4.90 Å². The van der Waals surface area contributed by atoms with Crippen LogP contribution in [0.2, 0.25) is 0 Å². The molecular formula is C16H16ClF2N. The van der Waals surface area contributed by atoms with Crippen molar-refractivity contribution in [1.82, 2.24) is 4.90 Å². The van der Waals surface area contributed by atoms with E-state index in [1.807, 2.05) is 35.2 Å². The molecular weight excluding hydrogens is 280 g/mol. The van der Waals surface area contributed by atoms with Crippen LogP contribution in [0.5, 0.6) is 0 Å². The molecule has 0 bridgehead atoms. The Morgan fingerprint density at radius 2 is 1.50 bits per heavy atom. The molecule has 0 radical (unpaired) electrons. The lowest BCUT2D eigenvalue weighted by molar-refractivity contribution is 0.264. The van der Waals surface area contributed by atoms with E-state index in [0.29, 0.717) is 19.0 Å². The predicted molar refractivity (Wildman–Crippen MR) is 77.6 cm³/mol. The van der Waals surface area contributed by atoms with Crippen LogP contribution in [0.25, 0.3) is 0 Å². The van der Waals surface area contributed by atoms with Gasteiger partial charge in [0.1, 0.15) is 11.6 Å². The highest BCUT2D eigenvalue weighted by Crippen LogP contribution is 2.16. The van der Waals surface area contributed by atoms with Gasteiger partial charge in [0.25, 0.3) is 0 Å². The van der Waals surface area contributed by atoms with Gasteiger partial charge in [-0.15, -0.1) is 11.6 Å². The van der Waals surface area contributed by atoms with Crippen LogP contribution in [0, 0.1) is 11.6 Å². The summed E-state index contributed by atoms with van der Waals surface area (Å²) in [6.45, 7) is 1.39. The van der Waals surface area contributed by atoms with Gasteiger partial charge in [-0.05, 0) is 17.7 Å². The van der Waals surface area contributed by atoms with E-state index in [1.54, 1.807) is 0 Å². The molecule has 106 valence electrons. The van der Waals surface area contributed by atoms with E-state index in [0.717, 1.165) is 5.56 Å². The number of halogens is 3. The Kier molecular flexibility index (Phi) is 5.50. The maximum absolute atomic E-state index is 13.7. The van der Waals surface area contributed by atoms with Crippen molar-refractivity contribution in [2.75, 3.05) is 12.4 Å². The van der Waals surface area contributed by atoms with Crippen LogP contribution in [0.15, 0.2) is 48.5 Å². The number of rotatable bonds is 6. The molecule has 0 saturated heterocycles. The van der Waals surface area contributed by atoms with Crippen molar-refractivity contribution >= 4 is 11.6 Å². The van der Waals surface area contributed by atoms with E-state index in [-0.39, 0.29) is 12.1 Å². The van der Waals surface area contributed by atoms with E-state index in [4.69, 9.17) is 11.6 Å². The normalized spacial score (nSPS) is 11.0. The number of alkyl halides is 1. The maximum Gasteiger partial charge on any atom is 0.130 e. The minimum Gasteiger partial charge on any atom is -0.293 e. The first-order valence-corrected chi connectivity index (χ1v) is 6.99. The molecule has 20 heavy (non-hydrogen) atoms. The lowest BCUT2D eigenvalue weighted by Crippen LogP contribution is -2.26. The lowest BCUT2D eigenvalue weighted by atomic mass is 10.1. The zero-order valence-corrected chi connectivity index (χ0v) is 11.8. The van der Waals surface area contributed by atoms with Gasteiger partial charge in [-0.1, -0.05) is 36.4 Å². The summed E-state index contributed by atoms with van der Waals surface area (Å²) in [6, 6.07) is 13.7. The monoisotopic (exact) mass is 295 g/mol. The molecule has 0 unspecified atom stereocenters. The zero-order chi connectivity index (χ0) is 14.4. The summed E-state index contributed by atoms with van der Waals surface area (Å²) < 4.78 is 27.4. The number of hydrogen-bond donors (Lipinski definition) is 0. The Morgan fingerprint density at radius 3 is 2.10 bits per heavy atom. The van der Waals surface area contributed by atoms with Crippen LogP contribution in [0.4, 0.5) is 8.78 Å². The molecule has 2 aromatic rings. The quantitative estimate of drug-likeness (QED) is 0.722. The van der Waals surface area contributed by atoms with Crippen molar-refractivity contribution in [2.24, 2.45) is 0 Å². The summed E-state index contributed by atoms with van der Waals surface area (Å²) in [5.41, 5.74) is 1.18. The lowest BCUT2D eigenvalue weighted by Gasteiger charge is -2.22. The molecule has 0 amide bonds. The van der Waals surface area contributed by atoms with Gasteiger partial charge in [-0.2, -0.15) is 0 Å². The van der Waals surface area contributed by atoms with Crippen LogP contribution in [-0.2, 0) is 13.1 Å². The summed E-state index contributed by atoms with van der Waals surface area (Å²) in [5.74, 6) is -0.613. The fourth-order valence-electron chi connectivity index (χ4n) is 2.08. The number of benzene rings is 2. The largest absolute Gasteiger partial charge is 0.293 e. The Labute approximate surface area is 122 Å². The minimum atomic E-state index is -0.516. The summed E-state index contributed by atoms with van der Waals surface area (Å²) >= 11 is 5.78. The molecule has 0 fully saturated rings. The average molecular weight is 296 g/mol. The standard InChI is InChI=1S/C16H16ClF2N/c17-9-10-20(11-13-5-2-1-3-6-13)12-14-15(18)7-4-8-16(14)19/h1-8H,9-12H2. The van der Waals surface area contributed by atoms with Crippen molar-refractivity contribution in [3.8, 4) is 0 Å². The third kappa shape index (κ3) is 4.02. The molecule has 1 nitrogen and oxygen atoms in total. The highest BCUT2D eigenvalue weighted by molar-refractivity contribution is 6.18. The van der Waals surface area contributed by atoms with Crippen LogP contribution >= 0.6 is 11.6 Å². The Balaban J connectivity index is 2.13. The molecule has 2 rings (SSSR count). The van der Waals surface area contributed by atoms with Crippen LogP contribution in [0.3, 0.4) is 0 Å². The van der Waals surface area contributed by atoms with Crippen LogP contribution in [0.1, 0.15) is 11.1 Å². The van der Waals surface area contributed by atoms with Gasteiger partial charge in [0, 0.05) is 31.1 Å². The molecule has 0 aliphatic rings. The van der Waals surface area contributed by atoms with Crippen molar-refractivity contribution in [2.45, 2.75) is 13.1 Å². The zero-order valence-electron chi connectivity index (χ0n) is 11.0. The highest BCUT2D eigenvalue weighted by Gasteiger charge is 2.13. The first kappa shape index (κ1) is 14.9. The molecule has 0 aliphatic carbocycles. The fraction of sp³-hybridized carbons (Fsp3) is 0.250. The molecule has 0 aromatic heterocycles. The van der Waals surface area contributed by atoms with Gasteiger partial charge in [0.2, 0.25) is 0 Å². The molecule has 0 atom stereocenters. The molecule has 0 saturated carbocycles. The van der Waals surface area contributed by atoms with E-state index < -0.39 is 11.6 Å². The van der Waals surface area contributed by atoms with Crippen molar-refractivity contribution in [1.29, 1.82) is 0 Å². The smallest absolute Gasteiger partial charge is 0.130 e. The Bertz CT molecular complexity index is 525. The van der Waals surface area contributed by atoms with Crippen molar-refractivity contribution < 1.29 is 8.78 Å². The average Bonchev–Trinajstić information content (AvgIpc) is 2.44. The first-order chi connectivity index (χ1) is 9.70. The number of nitrogens with zero attached hydrogens (tertiary/aromatic N) is 1. The van der Waals surface area contributed by atoms with Gasteiger partial charge >= 0.3 is 0 Å². The second-order valence-corrected chi connectivity index (χ2v) is 4.96. The van der Waals surface area contributed by atoms with Crippen molar-refractivity contribution in [3.05, 3.63) is 71.3 Å². The molecule has 2 aromatic carbocycles. The molecule has 0 aliphatic heterocycles. The third-order valence-corrected chi connectivity index (χ3v) is 3.26. The van der Waals surface area contributed by atoms with E-state index >= 15 is 0 Å². The topological polar surface area (TPSA) is 3.24 Å². The second-order valence-electron chi connectivity index (χ2n) is 4.59. The second kappa shape index (κ2) is 7.36. The summed E-state index contributed by atoms with van der Waals surface area (Å²) in [5, 5.41) is 0. The van der Waals surface area contributed by atoms with Gasteiger partial charge in [0.15, 0.2) is 0 Å². The van der Waals surface area contributed by atoms with E-state index in [1.165, 1.54) is 18.2 Å². The minimum absolute atomic E-state index is 0.0912. The van der Waals surface area contributed by atoms with Gasteiger partial charge in [-0.25, -0.2) is 8.78 Å². The molecule has 0 N–H and O–H groups in total.